The van der Waals surface area contributed by atoms with Crippen LogP contribution in [0.3, 0.4) is 0 Å². The lowest BCUT2D eigenvalue weighted by atomic mass is 10.1. The van der Waals surface area contributed by atoms with Crippen molar-refractivity contribution >= 4 is 21.7 Å². The van der Waals surface area contributed by atoms with Crippen LogP contribution >= 0.6 is 0 Å². The van der Waals surface area contributed by atoms with Gasteiger partial charge in [-0.15, -0.1) is 0 Å². The average Bonchev–Trinajstić information content (AvgIpc) is 3.10. The van der Waals surface area contributed by atoms with Gasteiger partial charge < -0.3 is 5.11 Å². The summed E-state index contributed by atoms with van der Waals surface area (Å²) in [5.74, 6) is -0.862. The molecule has 0 radical (unpaired) electrons. The van der Waals surface area contributed by atoms with Gasteiger partial charge in [0.25, 0.3) is 0 Å². The molecule has 2 rings (SSSR count). The molecule has 5 nitrogen and oxygen atoms in total. The van der Waals surface area contributed by atoms with Crippen LogP contribution in [0.15, 0.2) is 24.3 Å². The van der Waals surface area contributed by atoms with E-state index in [1.165, 1.54) is 0 Å². The zero-order chi connectivity index (χ0) is 13.2. The van der Waals surface area contributed by atoms with E-state index in [9.17, 15) is 13.2 Å². The van der Waals surface area contributed by atoms with Crippen LogP contribution in [0, 0.1) is 0 Å². The van der Waals surface area contributed by atoms with Gasteiger partial charge in [-0.1, -0.05) is 12.1 Å². The van der Waals surface area contributed by atoms with Gasteiger partial charge in [0.05, 0.1) is 5.25 Å². The molecule has 1 saturated carbocycles. The number of sulfonamides is 1. The van der Waals surface area contributed by atoms with Crippen molar-refractivity contribution < 1.29 is 18.3 Å². The minimum Gasteiger partial charge on any atom is -0.481 e. The zero-order valence-electron chi connectivity index (χ0n) is 9.80. The number of hydrogen-bond donors (Lipinski definition) is 2. The fraction of sp³-hybridized carbons (Fsp3) is 0.417. The smallest absolute Gasteiger partial charge is 0.303 e. The first-order valence-corrected chi connectivity index (χ1v) is 7.34. The highest BCUT2D eigenvalue weighted by atomic mass is 32.2. The summed E-state index contributed by atoms with van der Waals surface area (Å²) in [6, 6.07) is 6.87. The second-order valence-corrected chi connectivity index (χ2v) is 6.40. The Hall–Kier alpha value is -1.56. The van der Waals surface area contributed by atoms with Crippen molar-refractivity contribution in [2.45, 2.75) is 30.9 Å². The second-order valence-electron chi connectivity index (χ2n) is 4.44. The maximum atomic E-state index is 11.7. The topological polar surface area (TPSA) is 83.5 Å². The van der Waals surface area contributed by atoms with Gasteiger partial charge in [-0.3, -0.25) is 9.52 Å². The third-order valence-corrected chi connectivity index (χ3v) is 4.65. The molecule has 18 heavy (non-hydrogen) atoms. The summed E-state index contributed by atoms with van der Waals surface area (Å²) in [7, 11) is -3.25. The predicted octanol–water partition coefficient (Wildman–Crippen LogP) is 1.61. The molecule has 0 spiro atoms. The highest BCUT2D eigenvalue weighted by Crippen LogP contribution is 2.29. The SMILES string of the molecule is O=C(O)CCc1cccc(NS(=O)(=O)C2CC2)c1. The summed E-state index contributed by atoms with van der Waals surface area (Å²) in [5.41, 5.74) is 1.32. The number of benzene rings is 1. The molecular weight excluding hydrogens is 254 g/mol. The van der Waals surface area contributed by atoms with E-state index in [1.54, 1.807) is 24.3 Å². The van der Waals surface area contributed by atoms with Crippen LogP contribution < -0.4 is 4.72 Å². The summed E-state index contributed by atoms with van der Waals surface area (Å²) in [5, 5.41) is 8.34. The average molecular weight is 269 g/mol. The van der Waals surface area contributed by atoms with Crippen molar-refractivity contribution in [1.82, 2.24) is 0 Å². The number of hydrogen-bond acceptors (Lipinski definition) is 3. The Morgan fingerprint density at radius 3 is 2.72 bits per heavy atom. The van der Waals surface area contributed by atoms with E-state index >= 15 is 0 Å². The number of aryl methyl sites for hydroxylation is 1. The molecule has 6 heteroatoms. The van der Waals surface area contributed by atoms with E-state index in [-0.39, 0.29) is 11.7 Å². The van der Waals surface area contributed by atoms with Crippen molar-refractivity contribution in [1.29, 1.82) is 0 Å². The van der Waals surface area contributed by atoms with E-state index in [0.29, 0.717) is 24.9 Å². The Labute approximate surface area is 106 Å². The highest BCUT2D eigenvalue weighted by molar-refractivity contribution is 7.93. The molecule has 0 unspecified atom stereocenters. The van der Waals surface area contributed by atoms with Crippen molar-refractivity contribution in [2.24, 2.45) is 0 Å². The molecule has 1 fully saturated rings. The van der Waals surface area contributed by atoms with Gasteiger partial charge in [-0.25, -0.2) is 8.42 Å². The van der Waals surface area contributed by atoms with Crippen LogP contribution in [0.5, 0.6) is 0 Å². The molecule has 1 aliphatic rings. The summed E-state index contributed by atoms with van der Waals surface area (Å²) < 4.78 is 26.0. The molecule has 0 amide bonds. The van der Waals surface area contributed by atoms with Crippen molar-refractivity contribution in [2.75, 3.05) is 4.72 Å². The van der Waals surface area contributed by atoms with E-state index in [4.69, 9.17) is 5.11 Å². The number of carboxylic acid groups (broad SMARTS) is 1. The van der Waals surface area contributed by atoms with Crippen LogP contribution in [0.4, 0.5) is 5.69 Å². The number of aliphatic carboxylic acids is 1. The minimum absolute atomic E-state index is 0.0405. The standard InChI is InChI=1S/C12H15NO4S/c14-12(15)7-4-9-2-1-3-10(8-9)13-18(16,17)11-5-6-11/h1-3,8,11,13H,4-7H2,(H,14,15). The van der Waals surface area contributed by atoms with Crippen LogP contribution in [-0.2, 0) is 21.2 Å². The summed E-state index contributed by atoms with van der Waals surface area (Å²) >= 11 is 0. The molecule has 1 aromatic carbocycles. The van der Waals surface area contributed by atoms with Crippen molar-refractivity contribution in [3.8, 4) is 0 Å². The van der Waals surface area contributed by atoms with E-state index in [2.05, 4.69) is 4.72 Å². The summed E-state index contributed by atoms with van der Waals surface area (Å²) in [4.78, 5) is 10.5. The van der Waals surface area contributed by atoms with Gasteiger partial charge in [-0.2, -0.15) is 0 Å². The fourth-order valence-corrected chi connectivity index (χ4v) is 3.05. The maximum Gasteiger partial charge on any atom is 0.303 e. The Morgan fingerprint density at radius 2 is 2.11 bits per heavy atom. The monoisotopic (exact) mass is 269 g/mol. The largest absolute Gasteiger partial charge is 0.481 e. The molecule has 0 saturated heterocycles. The fourth-order valence-electron chi connectivity index (χ4n) is 1.67. The van der Waals surface area contributed by atoms with E-state index in [0.717, 1.165) is 5.56 Å². The van der Waals surface area contributed by atoms with Gasteiger partial charge in [0.2, 0.25) is 10.0 Å². The molecule has 0 heterocycles. The Balaban J connectivity index is 2.05. The molecule has 0 atom stereocenters. The predicted molar refractivity (Wildman–Crippen MR) is 68.0 cm³/mol. The first-order chi connectivity index (χ1) is 8.47. The van der Waals surface area contributed by atoms with Crippen molar-refractivity contribution in [3.63, 3.8) is 0 Å². The molecule has 1 aliphatic carbocycles. The first-order valence-electron chi connectivity index (χ1n) is 5.80. The summed E-state index contributed by atoms with van der Waals surface area (Å²) in [6.07, 6.45) is 1.87. The molecule has 2 N–H and O–H groups in total. The highest BCUT2D eigenvalue weighted by Gasteiger charge is 2.35. The van der Waals surface area contributed by atoms with Gasteiger partial charge >= 0.3 is 5.97 Å². The molecule has 0 aliphatic heterocycles. The lowest BCUT2D eigenvalue weighted by molar-refractivity contribution is -0.136. The molecule has 0 aromatic heterocycles. The van der Waals surface area contributed by atoms with Crippen LogP contribution in [-0.4, -0.2) is 24.7 Å². The Kier molecular flexibility index (Phi) is 3.56. The maximum absolute atomic E-state index is 11.7. The van der Waals surface area contributed by atoms with Gasteiger partial charge in [0.15, 0.2) is 0 Å². The van der Waals surface area contributed by atoms with Crippen molar-refractivity contribution in [3.05, 3.63) is 29.8 Å². The lowest BCUT2D eigenvalue weighted by Crippen LogP contribution is -2.17. The molecule has 98 valence electrons. The van der Waals surface area contributed by atoms with Gasteiger partial charge in [-0.05, 0) is 37.0 Å². The van der Waals surface area contributed by atoms with Crippen LogP contribution in [0.25, 0.3) is 0 Å². The Bertz CT molecular complexity index is 549. The molecule has 0 bridgehead atoms. The van der Waals surface area contributed by atoms with E-state index < -0.39 is 16.0 Å². The number of anilines is 1. The van der Waals surface area contributed by atoms with Gasteiger partial charge in [0.1, 0.15) is 0 Å². The second kappa shape index (κ2) is 4.97. The normalized spacial score (nSPS) is 15.3. The lowest BCUT2D eigenvalue weighted by Gasteiger charge is -2.08. The number of nitrogens with one attached hydrogen (secondary N) is 1. The summed E-state index contributed by atoms with van der Waals surface area (Å²) in [6.45, 7) is 0. The zero-order valence-corrected chi connectivity index (χ0v) is 10.6. The number of carbonyl (C=O) groups is 1. The number of rotatable bonds is 6. The minimum atomic E-state index is -3.25. The quantitative estimate of drug-likeness (QED) is 0.821. The van der Waals surface area contributed by atoms with E-state index in [1.807, 2.05) is 0 Å². The van der Waals surface area contributed by atoms with Gasteiger partial charge in [0, 0.05) is 12.1 Å². The molecular formula is C12H15NO4S. The van der Waals surface area contributed by atoms with Crippen LogP contribution in [0.1, 0.15) is 24.8 Å². The van der Waals surface area contributed by atoms with Crippen LogP contribution in [0.2, 0.25) is 0 Å². The number of carboxylic acids is 1. The molecule has 1 aromatic rings. The first kappa shape index (κ1) is 12.9. The third-order valence-electron chi connectivity index (χ3n) is 2.78. The third kappa shape index (κ3) is 3.46. The Morgan fingerprint density at radius 1 is 1.39 bits per heavy atom.